The van der Waals surface area contributed by atoms with Crippen molar-refractivity contribution in [1.29, 1.82) is 0 Å². The van der Waals surface area contributed by atoms with Gasteiger partial charge in [0.25, 0.3) is 5.91 Å². The van der Waals surface area contributed by atoms with Crippen molar-refractivity contribution in [3.05, 3.63) is 18.3 Å². The monoisotopic (exact) mass is 208 g/mol. The van der Waals surface area contributed by atoms with Crippen LogP contribution in [0, 0.1) is 0 Å². The van der Waals surface area contributed by atoms with Crippen LogP contribution in [0.1, 0.15) is 0 Å². The van der Waals surface area contributed by atoms with Crippen molar-refractivity contribution in [2.75, 3.05) is 25.0 Å². The maximum Gasteiger partial charge on any atom is 0.256 e. The van der Waals surface area contributed by atoms with Crippen LogP contribution in [0.25, 0.3) is 0 Å². The molecule has 0 aromatic carbocycles. The van der Waals surface area contributed by atoms with Crippen LogP contribution in [0.3, 0.4) is 0 Å². The van der Waals surface area contributed by atoms with E-state index in [0.717, 1.165) is 6.54 Å². The average Bonchev–Trinajstić information content (AvgIpc) is 2.31. The topological polar surface area (TPSA) is 76.1 Å². The summed E-state index contributed by atoms with van der Waals surface area (Å²) in [5, 5.41) is 13.1. The van der Waals surface area contributed by atoms with E-state index in [2.05, 4.69) is 20.8 Å². The molecule has 2 heterocycles. The number of hydrogen-bond donors (Lipinski definition) is 2. The van der Waals surface area contributed by atoms with Gasteiger partial charge in [-0.1, -0.05) is 0 Å². The van der Waals surface area contributed by atoms with Gasteiger partial charge < -0.3 is 15.4 Å². The number of nitrogens with one attached hydrogen (secondary N) is 2. The zero-order valence-corrected chi connectivity index (χ0v) is 8.14. The molecule has 2 rings (SSSR count). The molecule has 6 nitrogen and oxygen atoms in total. The molecule has 1 aliphatic heterocycles. The maximum absolute atomic E-state index is 11.6. The molecule has 1 atom stereocenters. The molecule has 1 saturated heterocycles. The number of nitrogens with zero attached hydrogens (tertiary/aromatic N) is 2. The molecule has 1 amide bonds. The van der Waals surface area contributed by atoms with Gasteiger partial charge in [0.05, 0.1) is 6.61 Å². The molecule has 15 heavy (non-hydrogen) atoms. The van der Waals surface area contributed by atoms with E-state index in [-0.39, 0.29) is 5.91 Å². The third-order valence-electron chi connectivity index (χ3n) is 2.04. The van der Waals surface area contributed by atoms with Gasteiger partial charge in [-0.2, -0.15) is 5.10 Å². The van der Waals surface area contributed by atoms with E-state index in [0.29, 0.717) is 19.0 Å². The summed E-state index contributed by atoms with van der Waals surface area (Å²) in [7, 11) is 0. The molecule has 0 radical (unpaired) electrons. The van der Waals surface area contributed by atoms with Crippen LogP contribution >= 0.6 is 0 Å². The highest BCUT2D eigenvalue weighted by atomic mass is 16.5. The van der Waals surface area contributed by atoms with Crippen LogP contribution in [0.4, 0.5) is 5.82 Å². The van der Waals surface area contributed by atoms with Gasteiger partial charge in [0.15, 0.2) is 5.82 Å². The van der Waals surface area contributed by atoms with Crippen molar-refractivity contribution in [1.82, 2.24) is 15.5 Å². The number of carbonyl (C=O) groups is 1. The first kappa shape index (κ1) is 10.0. The summed E-state index contributed by atoms with van der Waals surface area (Å²) in [5.74, 6) is 0.249. The summed E-state index contributed by atoms with van der Waals surface area (Å²) in [6, 6.07) is 3.39. The minimum Gasteiger partial charge on any atom is -0.366 e. The maximum atomic E-state index is 11.6. The van der Waals surface area contributed by atoms with Crippen molar-refractivity contribution in [3.63, 3.8) is 0 Å². The van der Waals surface area contributed by atoms with Gasteiger partial charge in [-0.25, -0.2) is 0 Å². The molecule has 1 fully saturated rings. The van der Waals surface area contributed by atoms with Gasteiger partial charge in [-0.15, -0.1) is 5.10 Å². The van der Waals surface area contributed by atoms with Crippen molar-refractivity contribution in [3.8, 4) is 0 Å². The highest BCUT2D eigenvalue weighted by Crippen LogP contribution is 2.02. The number of aromatic nitrogens is 2. The Kier molecular flexibility index (Phi) is 3.21. The van der Waals surface area contributed by atoms with E-state index in [1.165, 1.54) is 0 Å². The van der Waals surface area contributed by atoms with Gasteiger partial charge in [0, 0.05) is 19.3 Å². The van der Waals surface area contributed by atoms with Crippen LogP contribution in [-0.2, 0) is 9.53 Å². The average molecular weight is 208 g/mol. The Morgan fingerprint density at radius 2 is 2.60 bits per heavy atom. The van der Waals surface area contributed by atoms with Crippen LogP contribution in [0.5, 0.6) is 0 Å². The quantitative estimate of drug-likeness (QED) is 0.679. The number of rotatable bonds is 2. The van der Waals surface area contributed by atoms with Crippen LogP contribution in [0.15, 0.2) is 18.3 Å². The molecule has 6 heteroatoms. The first-order chi connectivity index (χ1) is 7.36. The highest BCUT2D eigenvalue weighted by molar-refractivity contribution is 5.93. The Balaban J connectivity index is 1.91. The van der Waals surface area contributed by atoms with Crippen LogP contribution in [0.2, 0.25) is 0 Å². The standard InChI is InChI=1S/C9H12N4O2/c14-9(7-6-10-4-5-15-7)12-8-2-1-3-11-13-8/h1-3,7,10H,4-6H2,(H,12,13,14). The van der Waals surface area contributed by atoms with E-state index in [1.807, 2.05) is 0 Å². The molecule has 1 unspecified atom stereocenters. The molecule has 1 aromatic rings. The smallest absolute Gasteiger partial charge is 0.256 e. The number of carbonyl (C=O) groups excluding carboxylic acids is 1. The van der Waals surface area contributed by atoms with E-state index in [4.69, 9.17) is 4.74 Å². The fourth-order valence-electron chi connectivity index (χ4n) is 1.31. The van der Waals surface area contributed by atoms with E-state index in [1.54, 1.807) is 18.3 Å². The van der Waals surface area contributed by atoms with Gasteiger partial charge in [0.1, 0.15) is 6.10 Å². The third kappa shape index (κ3) is 2.71. The lowest BCUT2D eigenvalue weighted by Gasteiger charge is -2.22. The fourth-order valence-corrected chi connectivity index (χ4v) is 1.31. The van der Waals surface area contributed by atoms with Crippen molar-refractivity contribution < 1.29 is 9.53 Å². The minimum atomic E-state index is -0.444. The van der Waals surface area contributed by atoms with E-state index >= 15 is 0 Å². The third-order valence-corrected chi connectivity index (χ3v) is 2.04. The lowest BCUT2D eigenvalue weighted by molar-refractivity contribution is -0.128. The van der Waals surface area contributed by atoms with Gasteiger partial charge in [-0.05, 0) is 12.1 Å². The number of morpholine rings is 1. The summed E-state index contributed by atoms with van der Waals surface area (Å²) >= 11 is 0. The first-order valence-corrected chi connectivity index (χ1v) is 4.77. The summed E-state index contributed by atoms with van der Waals surface area (Å²) in [5.41, 5.74) is 0. The first-order valence-electron chi connectivity index (χ1n) is 4.77. The summed E-state index contributed by atoms with van der Waals surface area (Å²) in [4.78, 5) is 11.6. The van der Waals surface area contributed by atoms with Crippen molar-refractivity contribution >= 4 is 11.7 Å². The largest absolute Gasteiger partial charge is 0.366 e. The number of anilines is 1. The van der Waals surface area contributed by atoms with E-state index < -0.39 is 6.10 Å². The van der Waals surface area contributed by atoms with Crippen LogP contribution < -0.4 is 10.6 Å². The number of hydrogen-bond acceptors (Lipinski definition) is 5. The molecule has 1 aliphatic rings. The van der Waals surface area contributed by atoms with Gasteiger partial charge in [-0.3, -0.25) is 4.79 Å². The summed E-state index contributed by atoms with van der Waals surface area (Å²) in [6.45, 7) is 1.87. The summed E-state index contributed by atoms with van der Waals surface area (Å²) < 4.78 is 5.29. The molecule has 1 aromatic heterocycles. The zero-order chi connectivity index (χ0) is 10.5. The molecule has 0 aliphatic carbocycles. The Morgan fingerprint density at radius 3 is 3.27 bits per heavy atom. The van der Waals surface area contributed by atoms with E-state index in [9.17, 15) is 4.79 Å². The molecule has 80 valence electrons. The molecule has 0 spiro atoms. The Bertz CT molecular complexity index is 324. The SMILES string of the molecule is O=C(Nc1cccnn1)C1CNCCO1. The molecule has 0 saturated carbocycles. The predicted molar refractivity (Wildman–Crippen MR) is 53.3 cm³/mol. The molecular formula is C9H12N4O2. The zero-order valence-electron chi connectivity index (χ0n) is 8.14. The number of ether oxygens (including phenoxy) is 1. The second kappa shape index (κ2) is 4.81. The van der Waals surface area contributed by atoms with Gasteiger partial charge in [0.2, 0.25) is 0 Å². The normalized spacial score (nSPS) is 20.9. The lowest BCUT2D eigenvalue weighted by atomic mass is 10.3. The van der Waals surface area contributed by atoms with Crippen molar-refractivity contribution in [2.45, 2.75) is 6.10 Å². The second-order valence-electron chi connectivity index (χ2n) is 3.16. The Hall–Kier alpha value is -1.53. The Labute approximate surface area is 87.0 Å². The lowest BCUT2D eigenvalue weighted by Crippen LogP contribution is -2.45. The van der Waals surface area contributed by atoms with Crippen LogP contribution in [-0.4, -0.2) is 41.9 Å². The molecule has 2 N–H and O–H groups in total. The summed E-state index contributed by atoms with van der Waals surface area (Å²) in [6.07, 6.45) is 1.11. The predicted octanol–water partition coefficient (Wildman–Crippen LogP) is -0.597. The Morgan fingerprint density at radius 1 is 1.67 bits per heavy atom. The number of amides is 1. The van der Waals surface area contributed by atoms with Gasteiger partial charge >= 0.3 is 0 Å². The fraction of sp³-hybridized carbons (Fsp3) is 0.444. The molecular weight excluding hydrogens is 196 g/mol. The minimum absolute atomic E-state index is 0.192. The molecule has 0 bridgehead atoms. The highest BCUT2D eigenvalue weighted by Gasteiger charge is 2.21. The second-order valence-corrected chi connectivity index (χ2v) is 3.16. The van der Waals surface area contributed by atoms with Crippen molar-refractivity contribution in [2.24, 2.45) is 0 Å².